The fraction of sp³-hybridized carbons (Fsp3) is 0.130. The summed E-state index contributed by atoms with van der Waals surface area (Å²) in [5.74, 6) is 0.220. The lowest BCUT2D eigenvalue weighted by Crippen LogP contribution is -2.18. The van der Waals surface area contributed by atoms with Gasteiger partial charge in [-0.1, -0.05) is 37.3 Å². The maximum atomic E-state index is 12.2. The molecule has 0 aliphatic rings. The first kappa shape index (κ1) is 19.2. The Balaban J connectivity index is 1.50. The number of anilines is 1. The van der Waals surface area contributed by atoms with E-state index in [1.165, 1.54) is 5.56 Å². The molecule has 0 heterocycles. The number of rotatable bonds is 7. The summed E-state index contributed by atoms with van der Waals surface area (Å²) < 4.78 is 10.7. The van der Waals surface area contributed by atoms with Gasteiger partial charge in [-0.05, 0) is 60.5 Å². The summed E-state index contributed by atoms with van der Waals surface area (Å²) in [6.45, 7) is 1.88. The third-order valence-corrected chi connectivity index (χ3v) is 4.07. The van der Waals surface area contributed by atoms with Gasteiger partial charge in [0.25, 0.3) is 5.91 Å². The van der Waals surface area contributed by atoms with Crippen LogP contribution < -0.4 is 14.8 Å². The molecule has 0 radical (unpaired) electrons. The van der Waals surface area contributed by atoms with Crippen molar-refractivity contribution >= 4 is 17.6 Å². The first-order valence-corrected chi connectivity index (χ1v) is 9.03. The van der Waals surface area contributed by atoms with E-state index < -0.39 is 5.97 Å². The Morgan fingerprint density at radius 1 is 0.821 bits per heavy atom. The second-order valence-corrected chi connectivity index (χ2v) is 6.10. The van der Waals surface area contributed by atoms with Crippen LogP contribution in [0, 0.1) is 0 Å². The van der Waals surface area contributed by atoms with Crippen LogP contribution >= 0.6 is 0 Å². The quantitative estimate of drug-likeness (QED) is 0.488. The van der Waals surface area contributed by atoms with Gasteiger partial charge in [0.15, 0.2) is 6.61 Å². The lowest BCUT2D eigenvalue weighted by atomic mass is 10.2. The van der Waals surface area contributed by atoms with Gasteiger partial charge in [-0.2, -0.15) is 0 Å². The van der Waals surface area contributed by atoms with E-state index >= 15 is 0 Å². The topological polar surface area (TPSA) is 64.6 Å². The summed E-state index contributed by atoms with van der Waals surface area (Å²) in [6.07, 6.45) is 0.946. The molecule has 1 N–H and O–H groups in total. The SMILES string of the molecule is CCc1ccc(OCC(=O)Oc2ccc(C(=O)Nc3ccccc3)cc2)cc1. The van der Waals surface area contributed by atoms with Gasteiger partial charge < -0.3 is 14.8 Å². The van der Waals surface area contributed by atoms with Crippen LogP contribution in [0.15, 0.2) is 78.9 Å². The Morgan fingerprint density at radius 2 is 1.46 bits per heavy atom. The molecule has 5 nitrogen and oxygen atoms in total. The van der Waals surface area contributed by atoms with Gasteiger partial charge in [0.2, 0.25) is 0 Å². The number of hydrogen-bond donors (Lipinski definition) is 1. The Morgan fingerprint density at radius 3 is 2.11 bits per heavy atom. The third-order valence-electron chi connectivity index (χ3n) is 4.07. The molecule has 0 saturated carbocycles. The van der Waals surface area contributed by atoms with E-state index in [9.17, 15) is 9.59 Å². The maximum absolute atomic E-state index is 12.2. The van der Waals surface area contributed by atoms with Crippen LogP contribution in [0.1, 0.15) is 22.8 Å². The summed E-state index contributed by atoms with van der Waals surface area (Å²) in [5.41, 5.74) is 2.38. The monoisotopic (exact) mass is 375 g/mol. The van der Waals surface area contributed by atoms with E-state index in [4.69, 9.17) is 9.47 Å². The second kappa shape index (κ2) is 9.37. The van der Waals surface area contributed by atoms with Crippen molar-refractivity contribution in [3.63, 3.8) is 0 Å². The van der Waals surface area contributed by atoms with Crippen LogP contribution in [0.4, 0.5) is 5.69 Å². The number of hydrogen-bond acceptors (Lipinski definition) is 4. The Bertz CT molecular complexity index is 919. The minimum atomic E-state index is -0.513. The van der Waals surface area contributed by atoms with Crippen molar-refractivity contribution in [1.82, 2.24) is 0 Å². The average Bonchev–Trinajstić information content (AvgIpc) is 2.74. The van der Waals surface area contributed by atoms with E-state index in [0.717, 1.165) is 6.42 Å². The minimum absolute atomic E-state index is 0.193. The van der Waals surface area contributed by atoms with Crippen LogP contribution in [0.2, 0.25) is 0 Å². The highest BCUT2D eigenvalue weighted by atomic mass is 16.6. The van der Waals surface area contributed by atoms with Gasteiger partial charge >= 0.3 is 5.97 Å². The maximum Gasteiger partial charge on any atom is 0.349 e. The molecule has 3 aromatic rings. The molecule has 0 spiro atoms. The highest BCUT2D eigenvalue weighted by Gasteiger charge is 2.09. The standard InChI is InChI=1S/C23H21NO4/c1-2-17-8-12-20(13-9-17)27-16-22(25)28-21-14-10-18(11-15-21)23(26)24-19-6-4-3-5-7-19/h3-15H,2,16H2,1H3,(H,24,26). The van der Waals surface area contributed by atoms with Crippen molar-refractivity contribution in [3.8, 4) is 11.5 Å². The third kappa shape index (κ3) is 5.45. The number of esters is 1. The van der Waals surface area contributed by atoms with Gasteiger partial charge in [0.05, 0.1) is 0 Å². The minimum Gasteiger partial charge on any atom is -0.482 e. The number of para-hydroxylation sites is 1. The number of aryl methyl sites for hydroxylation is 1. The smallest absolute Gasteiger partial charge is 0.349 e. The fourth-order valence-electron chi connectivity index (χ4n) is 2.52. The van der Waals surface area contributed by atoms with E-state index in [1.807, 2.05) is 54.6 Å². The van der Waals surface area contributed by atoms with E-state index in [2.05, 4.69) is 12.2 Å². The van der Waals surface area contributed by atoms with Crippen LogP contribution in [0.5, 0.6) is 11.5 Å². The highest BCUT2D eigenvalue weighted by Crippen LogP contribution is 2.16. The Hall–Kier alpha value is -3.60. The lowest BCUT2D eigenvalue weighted by molar-refractivity contribution is -0.136. The van der Waals surface area contributed by atoms with E-state index in [0.29, 0.717) is 22.7 Å². The number of nitrogens with one attached hydrogen (secondary N) is 1. The van der Waals surface area contributed by atoms with Crippen molar-refractivity contribution < 1.29 is 19.1 Å². The van der Waals surface area contributed by atoms with Gasteiger partial charge in [-0.15, -0.1) is 0 Å². The highest BCUT2D eigenvalue weighted by molar-refractivity contribution is 6.04. The molecule has 0 aliphatic carbocycles. The molecule has 3 aromatic carbocycles. The summed E-state index contributed by atoms with van der Waals surface area (Å²) in [4.78, 5) is 24.2. The molecular weight excluding hydrogens is 354 g/mol. The largest absolute Gasteiger partial charge is 0.482 e. The first-order valence-electron chi connectivity index (χ1n) is 9.03. The molecule has 28 heavy (non-hydrogen) atoms. The van der Waals surface area contributed by atoms with E-state index in [-0.39, 0.29) is 12.5 Å². The average molecular weight is 375 g/mol. The van der Waals surface area contributed by atoms with Gasteiger partial charge in [0.1, 0.15) is 11.5 Å². The van der Waals surface area contributed by atoms with Crippen molar-refractivity contribution in [1.29, 1.82) is 0 Å². The normalized spacial score (nSPS) is 10.2. The molecule has 0 saturated heterocycles. The second-order valence-electron chi connectivity index (χ2n) is 6.10. The van der Waals surface area contributed by atoms with Gasteiger partial charge in [-0.25, -0.2) is 4.79 Å². The van der Waals surface area contributed by atoms with E-state index in [1.54, 1.807) is 24.3 Å². The number of amides is 1. The molecule has 0 aromatic heterocycles. The molecule has 5 heteroatoms. The van der Waals surface area contributed by atoms with Crippen molar-refractivity contribution in [2.45, 2.75) is 13.3 Å². The fourth-order valence-corrected chi connectivity index (χ4v) is 2.52. The summed E-state index contributed by atoms with van der Waals surface area (Å²) in [7, 11) is 0. The molecule has 1 amide bonds. The molecule has 0 bridgehead atoms. The molecule has 3 rings (SSSR count). The number of benzene rings is 3. The zero-order valence-corrected chi connectivity index (χ0v) is 15.6. The number of carbonyl (C=O) groups is 2. The molecular formula is C23H21NO4. The molecule has 0 atom stereocenters. The first-order chi connectivity index (χ1) is 13.6. The van der Waals surface area contributed by atoms with Crippen LogP contribution in [0.25, 0.3) is 0 Å². The van der Waals surface area contributed by atoms with Crippen molar-refractivity contribution in [2.75, 3.05) is 11.9 Å². The summed E-state index contributed by atoms with van der Waals surface area (Å²) in [5, 5.41) is 2.80. The van der Waals surface area contributed by atoms with Gasteiger partial charge in [-0.3, -0.25) is 4.79 Å². The Labute approximate surface area is 163 Å². The van der Waals surface area contributed by atoms with Crippen molar-refractivity contribution in [2.24, 2.45) is 0 Å². The van der Waals surface area contributed by atoms with Crippen LogP contribution in [-0.2, 0) is 11.2 Å². The summed E-state index contributed by atoms with van der Waals surface area (Å²) in [6, 6.07) is 23.1. The van der Waals surface area contributed by atoms with Gasteiger partial charge in [0, 0.05) is 11.3 Å². The van der Waals surface area contributed by atoms with Crippen LogP contribution in [0.3, 0.4) is 0 Å². The predicted octanol–water partition coefficient (Wildman–Crippen LogP) is 4.49. The molecule has 0 aliphatic heterocycles. The van der Waals surface area contributed by atoms with Crippen LogP contribution in [-0.4, -0.2) is 18.5 Å². The molecule has 142 valence electrons. The zero-order chi connectivity index (χ0) is 19.8. The number of carbonyl (C=O) groups excluding carboxylic acids is 2. The number of ether oxygens (including phenoxy) is 2. The predicted molar refractivity (Wildman–Crippen MR) is 108 cm³/mol. The summed E-state index contributed by atoms with van der Waals surface area (Å²) >= 11 is 0. The molecule has 0 fully saturated rings. The Kier molecular flexibility index (Phi) is 6.41. The molecule has 0 unspecified atom stereocenters. The zero-order valence-electron chi connectivity index (χ0n) is 15.6. The lowest BCUT2D eigenvalue weighted by Gasteiger charge is -2.08. The van der Waals surface area contributed by atoms with Crippen molar-refractivity contribution in [3.05, 3.63) is 90.0 Å².